The standard InChI is InChI=1S/C15H22N2/c1-5-17(11-10-16)12-13-6-8-14(9-7-13)15(2,3)4/h6-9H,5,11-12H2,1-4H3. The maximum Gasteiger partial charge on any atom is 0.0868 e. The van der Waals surface area contributed by atoms with Crippen LogP contribution in [0.1, 0.15) is 38.8 Å². The molecule has 2 nitrogen and oxygen atoms in total. The Labute approximate surface area is 105 Å². The van der Waals surface area contributed by atoms with E-state index in [0.717, 1.165) is 13.1 Å². The van der Waals surface area contributed by atoms with Gasteiger partial charge in [-0.05, 0) is 23.1 Å². The summed E-state index contributed by atoms with van der Waals surface area (Å²) in [6.45, 7) is 11.0. The Bertz CT molecular complexity index is 379. The number of nitriles is 1. The van der Waals surface area contributed by atoms with Crippen LogP contribution in [0.15, 0.2) is 24.3 Å². The average Bonchev–Trinajstić information content (AvgIpc) is 2.28. The molecule has 1 aromatic rings. The Morgan fingerprint density at radius 3 is 2.18 bits per heavy atom. The lowest BCUT2D eigenvalue weighted by Crippen LogP contribution is -2.23. The van der Waals surface area contributed by atoms with Gasteiger partial charge in [0, 0.05) is 6.54 Å². The van der Waals surface area contributed by atoms with Gasteiger partial charge in [-0.2, -0.15) is 5.26 Å². The van der Waals surface area contributed by atoms with Gasteiger partial charge in [0.1, 0.15) is 0 Å². The Morgan fingerprint density at radius 2 is 1.76 bits per heavy atom. The van der Waals surface area contributed by atoms with Crippen LogP contribution in [0.2, 0.25) is 0 Å². The van der Waals surface area contributed by atoms with Gasteiger partial charge in [0.05, 0.1) is 12.6 Å². The van der Waals surface area contributed by atoms with Crippen molar-refractivity contribution in [2.24, 2.45) is 0 Å². The lowest BCUT2D eigenvalue weighted by atomic mass is 9.87. The predicted molar refractivity (Wildman–Crippen MR) is 71.7 cm³/mol. The predicted octanol–water partition coefficient (Wildman–Crippen LogP) is 3.33. The van der Waals surface area contributed by atoms with Gasteiger partial charge in [0.2, 0.25) is 0 Å². The minimum Gasteiger partial charge on any atom is -0.287 e. The normalized spacial score (nSPS) is 11.5. The third-order valence-electron chi connectivity index (χ3n) is 2.97. The maximum atomic E-state index is 8.70. The second-order valence-corrected chi connectivity index (χ2v) is 5.41. The van der Waals surface area contributed by atoms with Crippen molar-refractivity contribution in [1.29, 1.82) is 5.26 Å². The molecule has 0 aliphatic heterocycles. The highest BCUT2D eigenvalue weighted by Gasteiger charge is 2.13. The molecular formula is C15H22N2. The van der Waals surface area contributed by atoms with Gasteiger partial charge < -0.3 is 0 Å². The largest absolute Gasteiger partial charge is 0.287 e. The zero-order valence-electron chi connectivity index (χ0n) is 11.3. The zero-order chi connectivity index (χ0) is 12.9. The molecule has 0 aromatic heterocycles. The number of hydrogen-bond acceptors (Lipinski definition) is 2. The summed E-state index contributed by atoms with van der Waals surface area (Å²) in [5, 5.41) is 8.70. The monoisotopic (exact) mass is 230 g/mol. The highest BCUT2D eigenvalue weighted by molar-refractivity contribution is 5.27. The summed E-state index contributed by atoms with van der Waals surface area (Å²) in [6, 6.07) is 10.9. The highest BCUT2D eigenvalue weighted by atomic mass is 15.1. The van der Waals surface area contributed by atoms with Crippen molar-refractivity contribution < 1.29 is 0 Å². The van der Waals surface area contributed by atoms with Crippen LogP contribution in [0.3, 0.4) is 0 Å². The molecule has 1 aromatic carbocycles. The molecule has 2 heteroatoms. The Balaban J connectivity index is 2.72. The van der Waals surface area contributed by atoms with E-state index in [1.807, 2.05) is 0 Å². The Hall–Kier alpha value is -1.33. The van der Waals surface area contributed by atoms with Gasteiger partial charge in [0.15, 0.2) is 0 Å². The minimum atomic E-state index is 0.204. The van der Waals surface area contributed by atoms with Gasteiger partial charge in [-0.3, -0.25) is 4.90 Å². The number of benzene rings is 1. The Kier molecular flexibility index (Phi) is 4.72. The van der Waals surface area contributed by atoms with Crippen LogP contribution < -0.4 is 0 Å². The average molecular weight is 230 g/mol. The molecule has 0 N–H and O–H groups in total. The van der Waals surface area contributed by atoms with Gasteiger partial charge in [-0.25, -0.2) is 0 Å². The molecule has 0 aliphatic rings. The molecule has 0 amide bonds. The van der Waals surface area contributed by atoms with Crippen molar-refractivity contribution in [3.05, 3.63) is 35.4 Å². The van der Waals surface area contributed by atoms with Crippen molar-refractivity contribution in [2.45, 2.75) is 39.7 Å². The first-order valence-corrected chi connectivity index (χ1v) is 6.16. The molecule has 0 heterocycles. The van der Waals surface area contributed by atoms with Crippen LogP contribution >= 0.6 is 0 Å². The molecule has 1 rings (SSSR count). The lowest BCUT2D eigenvalue weighted by molar-refractivity contribution is 0.314. The zero-order valence-corrected chi connectivity index (χ0v) is 11.3. The molecule has 0 unspecified atom stereocenters. The van der Waals surface area contributed by atoms with Crippen molar-refractivity contribution in [2.75, 3.05) is 13.1 Å². The summed E-state index contributed by atoms with van der Waals surface area (Å²) in [7, 11) is 0. The van der Waals surface area contributed by atoms with Crippen LogP contribution in [-0.4, -0.2) is 18.0 Å². The Morgan fingerprint density at radius 1 is 1.18 bits per heavy atom. The van der Waals surface area contributed by atoms with Gasteiger partial charge in [-0.15, -0.1) is 0 Å². The number of hydrogen-bond donors (Lipinski definition) is 0. The van der Waals surface area contributed by atoms with Gasteiger partial charge in [0.25, 0.3) is 0 Å². The van der Waals surface area contributed by atoms with Crippen LogP contribution in [0.5, 0.6) is 0 Å². The van der Waals surface area contributed by atoms with E-state index < -0.39 is 0 Å². The van der Waals surface area contributed by atoms with E-state index in [0.29, 0.717) is 6.54 Å². The van der Waals surface area contributed by atoms with Crippen molar-refractivity contribution in [3.63, 3.8) is 0 Å². The quantitative estimate of drug-likeness (QED) is 0.742. The van der Waals surface area contributed by atoms with E-state index in [1.165, 1.54) is 11.1 Å². The minimum absolute atomic E-state index is 0.204. The van der Waals surface area contributed by atoms with Crippen molar-refractivity contribution >= 4 is 0 Å². The lowest BCUT2D eigenvalue weighted by Gasteiger charge is -2.20. The highest BCUT2D eigenvalue weighted by Crippen LogP contribution is 2.22. The molecule has 0 spiro atoms. The molecule has 17 heavy (non-hydrogen) atoms. The summed E-state index contributed by atoms with van der Waals surface area (Å²) in [5.41, 5.74) is 2.83. The number of nitrogens with zero attached hydrogens (tertiary/aromatic N) is 2. The van der Waals surface area contributed by atoms with Gasteiger partial charge >= 0.3 is 0 Å². The van der Waals surface area contributed by atoms with Crippen LogP contribution in [0.4, 0.5) is 0 Å². The molecule has 0 fully saturated rings. The molecule has 92 valence electrons. The maximum absolute atomic E-state index is 8.70. The van der Waals surface area contributed by atoms with Crippen LogP contribution in [0.25, 0.3) is 0 Å². The number of rotatable bonds is 4. The SMILES string of the molecule is CCN(CC#N)Cc1ccc(C(C)(C)C)cc1. The molecule has 0 saturated heterocycles. The third-order valence-corrected chi connectivity index (χ3v) is 2.97. The molecule has 0 aliphatic carbocycles. The second-order valence-electron chi connectivity index (χ2n) is 5.41. The summed E-state index contributed by atoms with van der Waals surface area (Å²) in [4.78, 5) is 2.13. The molecule has 0 bridgehead atoms. The summed E-state index contributed by atoms with van der Waals surface area (Å²) >= 11 is 0. The first-order chi connectivity index (χ1) is 7.97. The van der Waals surface area contributed by atoms with E-state index in [4.69, 9.17) is 5.26 Å². The van der Waals surface area contributed by atoms with Crippen molar-refractivity contribution in [1.82, 2.24) is 4.90 Å². The molecule has 0 radical (unpaired) electrons. The summed E-state index contributed by atoms with van der Waals surface area (Å²) < 4.78 is 0. The first kappa shape index (κ1) is 13.7. The molecule has 0 saturated carbocycles. The third kappa shape index (κ3) is 4.20. The van der Waals surface area contributed by atoms with E-state index in [-0.39, 0.29) is 5.41 Å². The van der Waals surface area contributed by atoms with Crippen molar-refractivity contribution in [3.8, 4) is 6.07 Å². The van der Waals surface area contributed by atoms with Crippen LogP contribution in [-0.2, 0) is 12.0 Å². The smallest absolute Gasteiger partial charge is 0.0868 e. The van der Waals surface area contributed by atoms with Gasteiger partial charge in [-0.1, -0.05) is 52.0 Å². The first-order valence-electron chi connectivity index (χ1n) is 6.16. The molecule has 0 atom stereocenters. The second kappa shape index (κ2) is 5.84. The topological polar surface area (TPSA) is 27.0 Å². The van der Waals surface area contributed by atoms with E-state index in [2.05, 4.69) is 62.9 Å². The summed E-state index contributed by atoms with van der Waals surface area (Å²) in [6.07, 6.45) is 0. The fourth-order valence-electron chi connectivity index (χ4n) is 1.75. The van der Waals surface area contributed by atoms with E-state index in [1.54, 1.807) is 0 Å². The van der Waals surface area contributed by atoms with E-state index in [9.17, 15) is 0 Å². The molecular weight excluding hydrogens is 208 g/mol. The van der Waals surface area contributed by atoms with Crippen LogP contribution in [0, 0.1) is 11.3 Å². The fourth-order valence-corrected chi connectivity index (χ4v) is 1.75. The van der Waals surface area contributed by atoms with E-state index >= 15 is 0 Å². The summed E-state index contributed by atoms with van der Waals surface area (Å²) in [5.74, 6) is 0. The fraction of sp³-hybridized carbons (Fsp3) is 0.533.